The van der Waals surface area contributed by atoms with Gasteiger partial charge >= 0.3 is 0 Å². The van der Waals surface area contributed by atoms with Gasteiger partial charge in [0.25, 0.3) is 5.91 Å². The molecule has 1 N–H and O–H groups in total. The van der Waals surface area contributed by atoms with E-state index in [1.54, 1.807) is 37.6 Å². The number of ether oxygens (including phenoxy) is 2. The van der Waals surface area contributed by atoms with Gasteiger partial charge in [0.2, 0.25) is 0 Å². The van der Waals surface area contributed by atoms with Crippen LogP contribution in [0.3, 0.4) is 0 Å². The molecule has 0 aliphatic heterocycles. The molecule has 0 radical (unpaired) electrons. The number of halogens is 2. The first kappa shape index (κ1) is 21.1. The molecule has 1 amide bonds. The molecule has 0 unspecified atom stereocenters. The second kappa shape index (κ2) is 10.2. The fraction of sp³-hybridized carbons (Fsp3) is 0.0909. The number of hydrogen-bond donors (Lipinski definition) is 1. The number of carbonyl (C=O) groups is 1. The lowest BCUT2D eigenvalue weighted by atomic mass is 10.2. The monoisotopic (exact) mass is 516 g/mol. The highest BCUT2D eigenvalue weighted by Crippen LogP contribution is 2.36. The number of rotatable bonds is 7. The average Bonchev–Trinajstić information content (AvgIpc) is 2.73. The SMILES string of the molecule is COc1cc(/C=N\NC(=O)c2cccc(Br)c2)cc(Br)c1OCc1ccccc1. The van der Waals surface area contributed by atoms with E-state index >= 15 is 0 Å². The standard InChI is InChI=1S/C22H18Br2N2O3/c1-28-20-11-16(13-25-26-22(27)17-8-5-9-18(23)12-17)10-19(24)21(20)29-14-15-6-3-2-4-7-15/h2-13H,14H2,1H3,(H,26,27)/b25-13-. The van der Waals surface area contributed by atoms with Crippen LogP contribution in [0.5, 0.6) is 11.5 Å². The average molecular weight is 518 g/mol. The van der Waals surface area contributed by atoms with Crippen molar-refractivity contribution in [2.45, 2.75) is 6.61 Å². The van der Waals surface area contributed by atoms with Crippen molar-refractivity contribution < 1.29 is 14.3 Å². The molecule has 0 aromatic heterocycles. The summed E-state index contributed by atoms with van der Waals surface area (Å²) in [6.07, 6.45) is 1.55. The van der Waals surface area contributed by atoms with E-state index in [0.29, 0.717) is 23.7 Å². The van der Waals surface area contributed by atoms with Gasteiger partial charge in [0, 0.05) is 10.0 Å². The third-order valence-electron chi connectivity index (χ3n) is 3.94. The van der Waals surface area contributed by atoms with E-state index in [0.717, 1.165) is 20.1 Å². The van der Waals surface area contributed by atoms with Crippen LogP contribution in [0.15, 0.2) is 80.8 Å². The van der Waals surface area contributed by atoms with Crippen molar-refractivity contribution in [3.05, 3.63) is 92.4 Å². The van der Waals surface area contributed by atoms with Gasteiger partial charge in [-0.3, -0.25) is 4.79 Å². The summed E-state index contributed by atoms with van der Waals surface area (Å²) in [5.41, 5.74) is 4.83. The number of benzene rings is 3. The number of carbonyl (C=O) groups excluding carboxylic acids is 1. The lowest BCUT2D eigenvalue weighted by molar-refractivity contribution is 0.0955. The Morgan fingerprint density at radius 1 is 1.07 bits per heavy atom. The van der Waals surface area contributed by atoms with E-state index in [-0.39, 0.29) is 5.91 Å². The topological polar surface area (TPSA) is 59.9 Å². The molecule has 0 bridgehead atoms. The molecule has 3 aromatic carbocycles. The van der Waals surface area contributed by atoms with E-state index in [1.807, 2.05) is 42.5 Å². The molecule has 0 aliphatic carbocycles. The van der Waals surface area contributed by atoms with Crippen molar-refractivity contribution in [3.63, 3.8) is 0 Å². The van der Waals surface area contributed by atoms with E-state index in [4.69, 9.17) is 9.47 Å². The molecular formula is C22H18Br2N2O3. The number of amides is 1. The number of hydrogen-bond acceptors (Lipinski definition) is 4. The summed E-state index contributed by atoms with van der Waals surface area (Å²) in [6.45, 7) is 0.423. The molecule has 0 aliphatic rings. The molecule has 29 heavy (non-hydrogen) atoms. The van der Waals surface area contributed by atoms with Gasteiger partial charge in [-0.05, 0) is 57.4 Å². The summed E-state index contributed by atoms with van der Waals surface area (Å²) in [4.78, 5) is 12.2. The predicted molar refractivity (Wildman–Crippen MR) is 121 cm³/mol. The van der Waals surface area contributed by atoms with Gasteiger partial charge in [-0.15, -0.1) is 0 Å². The Bertz CT molecular complexity index is 1020. The third kappa shape index (κ3) is 5.92. The maximum atomic E-state index is 12.2. The van der Waals surface area contributed by atoms with Crippen LogP contribution in [0.25, 0.3) is 0 Å². The number of nitrogens with zero attached hydrogens (tertiary/aromatic N) is 1. The summed E-state index contributed by atoms with van der Waals surface area (Å²) < 4.78 is 12.9. The van der Waals surface area contributed by atoms with E-state index in [2.05, 4.69) is 42.4 Å². The zero-order valence-corrected chi connectivity index (χ0v) is 18.7. The van der Waals surface area contributed by atoms with Gasteiger partial charge in [0.15, 0.2) is 11.5 Å². The van der Waals surface area contributed by atoms with E-state index < -0.39 is 0 Å². The summed E-state index contributed by atoms with van der Waals surface area (Å²) in [6, 6.07) is 20.6. The Hall–Kier alpha value is -2.64. The Morgan fingerprint density at radius 3 is 2.59 bits per heavy atom. The Morgan fingerprint density at radius 2 is 1.86 bits per heavy atom. The molecule has 5 nitrogen and oxygen atoms in total. The highest BCUT2D eigenvalue weighted by atomic mass is 79.9. The maximum absolute atomic E-state index is 12.2. The molecule has 0 spiro atoms. The lowest BCUT2D eigenvalue weighted by Crippen LogP contribution is -2.17. The summed E-state index contributed by atoms with van der Waals surface area (Å²) in [5, 5.41) is 4.03. The molecule has 0 atom stereocenters. The number of nitrogens with one attached hydrogen (secondary N) is 1. The molecule has 0 saturated heterocycles. The Balaban J connectivity index is 1.69. The Kier molecular flexibility index (Phi) is 7.43. The van der Waals surface area contributed by atoms with Crippen molar-refractivity contribution in [1.82, 2.24) is 5.43 Å². The van der Waals surface area contributed by atoms with Gasteiger partial charge < -0.3 is 9.47 Å². The van der Waals surface area contributed by atoms with Gasteiger partial charge in [0.1, 0.15) is 6.61 Å². The summed E-state index contributed by atoms with van der Waals surface area (Å²) in [5.74, 6) is 0.873. The fourth-order valence-electron chi connectivity index (χ4n) is 2.54. The predicted octanol–water partition coefficient (Wildman–Crippen LogP) is 5.56. The van der Waals surface area contributed by atoms with Crippen molar-refractivity contribution in [2.75, 3.05) is 7.11 Å². The van der Waals surface area contributed by atoms with Crippen molar-refractivity contribution in [1.29, 1.82) is 0 Å². The first-order valence-corrected chi connectivity index (χ1v) is 10.3. The van der Waals surface area contributed by atoms with Crippen LogP contribution < -0.4 is 14.9 Å². The van der Waals surface area contributed by atoms with E-state index in [9.17, 15) is 4.79 Å². The molecule has 3 aromatic rings. The van der Waals surface area contributed by atoms with Crippen molar-refractivity contribution in [3.8, 4) is 11.5 Å². The second-order valence-electron chi connectivity index (χ2n) is 6.02. The zero-order chi connectivity index (χ0) is 20.6. The summed E-state index contributed by atoms with van der Waals surface area (Å²) in [7, 11) is 1.58. The smallest absolute Gasteiger partial charge is 0.271 e. The minimum atomic E-state index is -0.295. The van der Waals surface area contributed by atoms with Gasteiger partial charge in [-0.1, -0.05) is 52.3 Å². The molecular weight excluding hydrogens is 500 g/mol. The highest BCUT2D eigenvalue weighted by Gasteiger charge is 2.12. The molecule has 0 fully saturated rings. The second-order valence-corrected chi connectivity index (χ2v) is 7.79. The van der Waals surface area contributed by atoms with Crippen LogP contribution in [0, 0.1) is 0 Å². The fourth-order valence-corrected chi connectivity index (χ4v) is 3.52. The largest absolute Gasteiger partial charge is 0.493 e. The van der Waals surface area contributed by atoms with Crippen LogP contribution in [0.2, 0.25) is 0 Å². The van der Waals surface area contributed by atoms with Gasteiger partial charge in [-0.2, -0.15) is 5.10 Å². The van der Waals surface area contributed by atoms with Crippen LogP contribution in [0.1, 0.15) is 21.5 Å². The van der Waals surface area contributed by atoms with Crippen LogP contribution in [-0.2, 0) is 6.61 Å². The maximum Gasteiger partial charge on any atom is 0.271 e. The van der Waals surface area contributed by atoms with Crippen LogP contribution in [-0.4, -0.2) is 19.2 Å². The number of hydrazone groups is 1. The first-order valence-electron chi connectivity index (χ1n) is 8.70. The third-order valence-corrected chi connectivity index (χ3v) is 5.03. The lowest BCUT2D eigenvalue weighted by Gasteiger charge is -2.13. The van der Waals surface area contributed by atoms with Gasteiger partial charge in [0.05, 0.1) is 17.8 Å². The molecule has 148 valence electrons. The minimum Gasteiger partial charge on any atom is -0.493 e. The van der Waals surface area contributed by atoms with Crippen molar-refractivity contribution in [2.24, 2.45) is 5.10 Å². The minimum absolute atomic E-state index is 0.295. The molecule has 0 saturated carbocycles. The highest BCUT2D eigenvalue weighted by molar-refractivity contribution is 9.10. The quantitative estimate of drug-likeness (QED) is 0.329. The molecule has 3 rings (SSSR count). The van der Waals surface area contributed by atoms with Gasteiger partial charge in [-0.25, -0.2) is 5.43 Å². The van der Waals surface area contributed by atoms with E-state index in [1.165, 1.54) is 0 Å². The summed E-state index contributed by atoms with van der Waals surface area (Å²) >= 11 is 6.86. The van der Waals surface area contributed by atoms with Crippen LogP contribution in [0.4, 0.5) is 0 Å². The molecule has 0 heterocycles. The molecule has 7 heteroatoms. The first-order chi connectivity index (χ1) is 14.1. The van der Waals surface area contributed by atoms with Crippen LogP contribution >= 0.6 is 31.9 Å². The normalized spacial score (nSPS) is 10.7. The van der Waals surface area contributed by atoms with Crippen molar-refractivity contribution >= 4 is 44.0 Å². The number of methoxy groups -OCH3 is 1. The Labute approximate surface area is 186 Å². The zero-order valence-electron chi connectivity index (χ0n) is 15.6.